The van der Waals surface area contributed by atoms with Gasteiger partial charge >= 0.3 is 0 Å². The van der Waals surface area contributed by atoms with Gasteiger partial charge in [-0.2, -0.15) is 10.2 Å². The Morgan fingerprint density at radius 2 is 1.82 bits per heavy atom. The van der Waals surface area contributed by atoms with Crippen LogP contribution in [0.25, 0.3) is 0 Å². The van der Waals surface area contributed by atoms with Crippen LogP contribution in [0.3, 0.4) is 0 Å². The molecule has 4 aromatic rings. The molecule has 0 radical (unpaired) electrons. The zero-order chi connectivity index (χ0) is 23.5. The molecule has 0 fully saturated rings. The molecule has 10 heteroatoms. The highest BCUT2D eigenvalue weighted by Crippen LogP contribution is 2.23. The SMILES string of the molecule is Cc1cc(OCn2ccc(C(=O)Nc3cc(C)n(Cc4ccc(Cl)cc4Cl)n3)n2)ccc1Cl. The molecule has 0 bridgehead atoms. The van der Waals surface area contributed by atoms with E-state index < -0.39 is 0 Å². The number of nitrogens with zero attached hydrogens (tertiary/aromatic N) is 4. The lowest BCUT2D eigenvalue weighted by molar-refractivity contribution is 0.101. The minimum Gasteiger partial charge on any atom is -0.471 e. The predicted molar refractivity (Wildman–Crippen MR) is 130 cm³/mol. The molecular weight excluding hydrogens is 485 g/mol. The number of carbonyl (C=O) groups excluding carboxylic acids is 1. The Morgan fingerprint density at radius 3 is 2.58 bits per heavy atom. The smallest absolute Gasteiger partial charge is 0.277 e. The van der Waals surface area contributed by atoms with Crippen molar-refractivity contribution >= 4 is 46.5 Å². The van der Waals surface area contributed by atoms with Crippen molar-refractivity contribution in [3.63, 3.8) is 0 Å². The third-order valence-electron chi connectivity index (χ3n) is 4.92. The number of aromatic nitrogens is 4. The van der Waals surface area contributed by atoms with Gasteiger partial charge in [0.25, 0.3) is 5.91 Å². The average Bonchev–Trinajstić information content (AvgIpc) is 3.37. The van der Waals surface area contributed by atoms with Crippen molar-refractivity contribution in [2.45, 2.75) is 27.1 Å². The molecule has 0 unspecified atom stereocenters. The van der Waals surface area contributed by atoms with Crippen LogP contribution in [0.15, 0.2) is 54.7 Å². The predicted octanol–water partition coefficient (Wildman–Crippen LogP) is 5.99. The highest BCUT2D eigenvalue weighted by Gasteiger charge is 2.14. The van der Waals surface area contributed by atoms with E-state index in [1.807, 2.05) is 26.0 Å². The van der Waals surface area contributed by atoms with Gasteiger partial charge in [0.05, 0.1) is 6.54 Å². The van der Waals surface area contributed by atoms with Gasteiger partial charge in [0.2, 0.25) is 0 Å². The summed E-state index contributed by atoms with van der Waals surface area (Å²) in [6.45, 7) is 4.41. The summed E-state index contributed by atoms with van der Waals surface area (Å²) in [4.78, 5) is 12.6. The molecule has 1 amide bonds. The molecule has 0 aliphatic heterocycles. The summed E-state index contributed by atoms with van der Waals surface area (Å²) >= 11 is 18.3. The van der Waals surface area contributed by atoms with E-state index in [1.54, 1.807) is 47.3 Å². The van der Waals surface area contributed by atoms with Crippen molar-refractivity contribution < 1.29 is 9.53 Å². The summed E-state index contributed by atoms with van der Waals surface area (Å²) in [6, 6.07) is 14.1. The number of ether oxygens (including phenoxy) is 1. The van der Waals surface area contributed by atoms with Crippen molar-refractivity contribution in [1.29, 1.82) is 0 Å². The lowest BCUT2D eigenvalue weighted by atomic mass is 10.2. The minimum atomic E-state index is -0.370. The Labute approximate surface area is 205 Å². The van der Waals surface area contributed by atoms with E-state index in [0.717, 1.165) is 16.8 Å². The van der Waals surface area contributed by atoms with Crippen molar-refractivity contribution in [1.82, 2.24) is 19.6 Å². The summed E-state index contributed by atoms with van der Waals surface area (Å²) in [6.07, 6.45) is 1.67. The molecule has 0 saturated carbocycles. The molecule has 170 valence electrons. The van der Waals surface area contributed by atoms with Crippen LogP contribution in [0.4, 0.5) is 5.82 Å². The first-order valence-corrected chi connectivity index (χ1v) is 11.1. The maximum absolute atomic E-state index is 12.6. The van der Waals surface area contributed by atoms with E-state index in [0.29, 0.717) is 33.2 Å². The Kier molecular flexibility index (Phi) is 6.93. The van der Waals surface area contributed by atoms with Gasteiger partial charge in [-0.15, -0.1) is 0 Å². The first kappa shape index (κ1) is 23.2. The van der Waals surface area contributed by atoms with E-state index >= 15 is 0 Å². The molecular formula is C23H20Cl3N5O2. The monoisotopic (exact) mass is 503 g/mol. The minimum absolute atomic E-state index is 0.157. The second-order valence-corrected chi connectivity index (χ2v) is 8.69. The Morgan fingerprint density at radius 1 is 1.00 bits per heavy atom. The zero-order valence-electron chi connectivity index (χ0n) is 17.8. The van der Waals surface area contributed by atoms with Crippen LogP contribution >= 0.6 is 34.8 Å². The van der Waals surface area contributed by atoms with E-state index in [1.165, 1.54) is 4.68 Å². The molecule has 33 heavy (non-hydrogen) atoms. The first-order chi connectivity index (χ1) is 15.8. The molecule has 0 saturated heterocycles. The second-order valence-electron chi connectivity index (χ2n) is 7.44. The van der Waals surface area contributed by atoms with Gasteiger partial charge < -0.3 is 10.1 Å². The van der Waals surface area contributed by atoms with Gasteiger partial charge in [-0.1, -0.05) is 40.9 Å². The van der Waals surface area contributed by atoms with Crippen LogP contribution in [0, 0.1) is 13.8 Å². The number of benzene rings is 2. The Balaban J connectivity index is 1.38. The molecule has 7 nitrogen and oxygen atoms in total. The summed E-state index contributed by atoms with van der Waals surface area (Å²) in [5.74, 6) is 0.718. The van der Waals surface area contributed by atoms with E-state index in [4.69, 9.17) is 39.5 Å². The molecule has 4 rings (SSSR count). The highest BCUT2D eigenvalue weighted by atomic mass is 35.5. The second kappa shape index (κ2) is 9.87. The van der Waals surface area contributed by atoms with Gasteiger partial charge in [-0.25, -0.2) is 4.68 Å². The summed E-state index contributed by atoms with van der Waals surface area (Å²) in [5, 5.41) is 13.3. The fraction of sp³-hybridized carbons (Fsp3) is 0.174. The van der Waals surface area contributed by atoms with E-state index in [9.17, 15) is 4.79 Å². The van der Waals surface area contributed by atoms with Crippen LogP contribution < -0.4 is 10.1 Å². The lowest BCUT2D eigenvalue weighted by Gasteiger charge is -2.07. The third kappa shape index (κ3) is 5.68. The number of amides is 1. The van der Waals surface area contributed by atoms with Crippen LogP contribution in [-0.2, 0) is 13.3 Å². The number of hydrogen-bond acceptors (Lipinski definition) is 4. The average molecular weight is 505 g/mol. The van der Waals surface area contributed by atoms with Crippen molar-refractivity contribution in [2.24, 2.45) is 0 Å². The van der Waals surface area contributed by atoms with E-state index in [2.05, 4.69) is 15.5 Å². The summed E-state index contributed by atoms with van der Waals surface area (Å²) in [5.41, 5.74) is 2.91. The van der Waals surface area contributed by atoms with Crippen molar-refractivity contribution in [2.75, 3.05) is 5.32 Å². The fourth-order valence-corrected chi connectivity index (χ4v) is 3.71. The number of hydrogen-bond donors (Lipinski definition) is 1. The molecule has 0 aliphatic rings. The molecule has 0 atom stereocenters. The van der Waals surface area contributed by atoms with Crippen molar-refractivity contribution in [3.05, 3.63) is 92.3 Å². The first-order valence-electron chi connectivity index (χ1n) is 10.0. The van der Waals surface area contributed by atoms with Gasteiger partial charge in [0.1, 0.15) is 5.75 Å². The largest absolute Gasteiger partial charge is 0.471 e. The van der Waals surface area contributed by atoms with Gasteiger partial charge in [0.15, 0.2) is 18.2 Å². The fourth-order valence-electron chi connectivity index (χ4n) is 3.13. The number of nitrogens with one attached hydrogen (secondary N) is 1. The van der Waals surface area contributed by atoms with Gasteiger partial charge in [-0.3, -0.25) is 9.48 Å². The Bertz CT molecular complexity index is 1320. The Hall–Kier alpha value is -3.00. The summed E-state index contributed by atoms with van der Waals surface area (Å²) in [7, 11) is 0. The van der Waals surface area contributed by atoms with Crippen LogP contribution in [0.5, 0.6) is 5.75 Å². The quantitative estimate of drug-likeness (QED) is 0.335. The molecule has 1 N–H and O–H groups in total. The number of halogens is 3. The van der Waals surface area contributed by atoms with Crippen molar-refractivity contribution in [3.8, 4) is 5.75 Å². The van der Waals surface area contributed by atoms with Gasteiger partial charge in [-0.05, 0) is 61.4 Å². The number of anilines is 1. The maximum Gasteiger partial charge on any atom is 0.277 e. The molecule has 2 aromatic heterocycles. The summed E-state index contributed by atoms with van der Waals surface area (Å²) < 4.78 is 9.00. The topological polar surface area (TPSA) is 74.0 Å². The highest BCUT2D eigenvalue weighted by molar-refractivity contribution is 6.35. The molecule has 2 heterocycles. The third-order valence-corrected chi connectivity index (χ3v) is 5.94. The van der Waals surface area contributed by atoms with E-state index in [-0.39, 0.29) is 18.3 Å². The molecule has 2 aromatic carbocycles. The number of carbonyl (C=O) groups is 1. The molecule has 0 aliphatic carbocycles. The number of aryl methyl sites for hydroxylation is 2. The zero-order valence-corrected chi connectivity index (χ0v) is 20.1. The number of rotatable bonds is 7. The normalized spacial score (nSPS) is 10.9. The van der Waals surface area contributed by atoms with Gasteiger partial charge in [0, 0.05) is 33.0 Å². The van der Waals surface area contributed by atoms with Crippen LogP contribution in [0.1, 0.15) is 27.3 Å². The van der Waals surface area contributed by atoms with Crippen LogP contribution in [0.2, 0.25) is 15.1 Å². The van der Waals surface area contributed by atoms with Crippen LogP contribution in [-0.4, -0.2) is 25.5 Å². The standard InChI is InChI=1S/C23H20Cl3N5O2/c1-14-9-18(5-6-19(14)25)33-13-30-8-7-21(28-30)23(32)27-22-10-15(2)31(29-22)12-16-3-4-17(24)11-20(16)26/h3-11H,12-13H2,1-2H3,(H,27,29,32). The maximum atomic E-state index is 12.6. The lowest BCUT2D eigenvalue weighted by Crippen LogP contribution is -2.15. The molecule has 0 spiro atoms.